The lowest BCUT2D eigenvalue weighted by molar-refractivity contribution is 0.453. The van der Waals surface area contributed by atoms with Crippen molar-refractivity contribution < 1.29 is 12.8 Å². The molecule has 1 fully saturated rings. The smallest absolute Gasteiger partial charge is 0.215 e. The van der Waals surface area contributed by atoms with Gasteiger partial charge in [-0.2, -0.15) is 0 Å². The number of furan rings is 1. The largest absolute Gasteiger partial charge is 0.469 e. The van der Waals surface area contributed by atoms with Gasteiger partial charge in [-0.05, 0) is 32.4 Å². The SMILES string of the molecule is Cc1occc1CN(C)S(=O)(=O)CC1CCCN1. The van der Waals surface area contributed by atoms with Crippen molar-refractivity contribution in [1.82, 2.24) is 9.62 Å². The van der Waals surface area contributed by atoms with Crippen molar-refractivity contribution in [2.24, 2.45) is 0 Å². The third-order valence-corrected chi connectivity index (χ3v) is 5.31. The van der Waals surface area contributed by atoms with Gasteiger partial charge in [0, 0.05) is 25.2 Å². The summed E-state index contributed by atoms with van der Waals surface area (Å²) >= 11 is 0. The maximum absolute atomic E-state index is 12.2. The van der Waals surface area contributed by atoms with Crippen LogP contribution in [0.15, 0.2) is 16.7 Å². The third kappa shape index (κ3) is 3.13. The zero-order chi connectivity index (χ0) is 13.2. The Morgan fingerprint density at radius 3 is 2.89 bits per heavy atom. The van der Waals surface area contributed by atoms with Gasteiger partial charge >= 0.3 is 0 Å². The molecule has 1 unspecified atom stereocenters. The highest BCUT2D eigenvalue weighted by atomic mass is 32.2. The van der Waals surface area contributed by atoms with E-state index in [0.29, 0.717) is 6.54 Å². The predicted octanol–water partition coefficient (Wildman–Crippen LogP) is 1.10. The molecule has 18 heavy (non-hydrogen) atoms. The van der Waals surface area contributed by atoms with Gasteiger partial charge in [-0.3, -0.25) is 0 Å². The number of hydrogen-bond donors (Lipinski definition) is 1. The van der Waals surface area contributed by atoms with Gasteiger partial charge in [-0.1, -0.05) is 0 Å². The van der Waals surface area contributed by atoms with E-state index in [4.69, 9.17) is 4.42 Å². The minimum Gasteiger partial charge on any atom is -0.469 e. The standard InChI is InChI=1S/C12H20N2O3S/c1-10-11(5-7-17-10)8-14(2)18(15,16)9-12-4-3-6-13-12/h5,7,12-13H,3-4,6,8-9H2,1-2H3. The number of rotatable bonds is 5. The molecule has 1 aromatic heterocycles. The first-order valence-corrected chi connectivity index (χ1v) is 7.80. The zero-order valence-electron chi connectivity index (χ0n) is 10.8. The van der Waals surface area contributed by atoms with E-state index in [0.717, 1.165) is 30.7 Å². The van der Waals surface area contributed by atoms with Gasteiger partial charge < -0.3 is 9.73 Å². The van der Waals surface area contributed by atoms with Crippen molar-refractivity contribution in [2.75, 3.05) is 19.3 Å². The first-order valence-electron chi connectivity index (χ1n) is 6.19. The highest BCUT2D eigenvalue weighted by molar-refractivity contribution is 7.89. The molecular weight excluding hydrogens is 252 g/mol. The molecule has 1 atom stereocenters. The van der Waals surface area contributed by atoms with Gasteiger partial charge in [0.2, 0.25) is 10.0 Å². The molecule has 102 valence electrons. The van der Waals surface area contributed by atoms with E-state index in [1.54, 1.807) is 13.3 Å². The molecule has 1 N–H and O–H groups in total. The molecular formula is C12H20N2O3S. The van der Waals surface area contributed by atoms with Crippen molar-refractivity contribution in [3.63, 3.8) is 0 Å². The van der Waals surface area contributed by atoms with Crippen molar-refractivity contribution in [1.29, 1.82) is 0 Å². The second-order valence-electron chi connectivity index (χ2n) is 4.83. The lowest BCUT2D eigenvalue weighted by Gasteiger charge is -2.19. The zero-order valence-corrected chi connectivity index (χ0v) is 11.7. The van der Waals surface area contributed by atoms with Crippen LogP contribution in [0, 0.1) is 6.92 Å². The molecule has 0 aliphatic carbocycles. The van der Waals surface area contributed by atoms with Gasteiger partial charge in [0.15, 0.2) is 0 Å². The van der Waals surface area contributed by atoms with Crippen LogP contribution in [0.5, 0.6) is 0 Å². The van der Waals surface area contributed by atoms with Crippen LogP contribution in [0.1, 0.15) is 24.2 Å². The molecule has 0 aromatic carbocycles. The van der Waals surface area contributed by atoms with E-state index in [1.165, 1.54) is 4.31 Å². The molecule has 0 radical (unpaired) electrons. The fourth-order valence-electron chi connectivity index (χ4n) is 2.19. The second kappa shape index (κ2) is 5.42. The summed E-state index contributed by atoms with van der Waals surface area (Å²) in [5.74, 6) is 0.955. The summed E-state index contributed by atoms with van der Waals surface area (Å²) in [7, 11) is -1.59. The van der Waals surface area contributed by atoms with Gasteiger partial charge in [0.1, 0.15) is 5.76 Å². The summed E-state index contributed by atoms with van der Waals surface area (Å²) in [5, 5.41) is 3.21. The van der Waals surface area contributed by atoms with Crippen LogP contribution < -0.4 is 5.32 Å². The minimum atomic E-state index is -3.21. The fraction of sp³-hybridized carbons (Fsp3) is 0.667. The molecule has 1 aromatic rings. The number of hydrogen-bond acceptors (Lipinski definition) is 4. The Bertz CT molecular complexity index is 489. The van der Waals surface area contributed by atoms with E-state index in [1.807, 2.05) is 13.0 Å². The Labute approximate surface area is 108 Å². The predicted molar refractivity (Wildman–Crippen MR) is 69.7 cm³/mol. The van der Waals surface area contributed by atoms with Crippen LogP contribution in [0.2, 0.25) is 0 Å². The van der Waals surface area contributed by atoms with Gasteiger partial charge in [0.05, 0.1) is 12.0 Å². The maximum atomic E-state index is 12.2. The molecule has 1 aliphatic rings. The molecule has 1 saturated heterocycles. The topological polar surface area (TPSA) is 62.6 Å². The average molecular weight is 272 g/mol. The van der Waals surface area contributed by atoms with Crippen molar-refractivity contribution in [3.05, 3.63) is 23.7 Å². The molecule has 5 nitrogen and oxygen atoms in total. The molecule has 0 spiro atoms. The van der Waals surface area contributed by atoms with E-state index in [9.17, 15) is 8.42 Å². The minimum absolute atomic E-state index is 0.0999. The molecule has 2 heterocycles. The Balaban J connectivity index is 1.98. The van der Waals surface area contributed by atoms with Crippen LogP contribution in [-0.2, 0) is 16.6 Å². The number of nitrogens with one attached hydrogen (secondary N) is 1. The highest BCUT2D eigenvalue weighted by Gasteiger charge is 2.26. The van der Waals surface area contributed by atoms with E-state index in [2.05, 4.69) is 5.32 Å². The molecule has 0 amide bonds. The van der Waals surface area contributed by atoms with Crippen LogP contribution in [0.25, 0.3) is 0 Å². The van der Waals surface area contributed by atoms with Crippen LogP contribution in [0.4, 0.5) is 0 Å². The highest BCUT2D eigenvalue weighted by Crippen LogP contribution is 2.15. The Hall–Kier alpha value is -0.850. The second-order valence-corrected chi connectivity index (χ2v) is 6.95. The molecule has 2 rings (SSSR count). The Kier molecular flexibility index (Phi) is 4.09. The number of aryl methyl sites for hydroxylation is 1. The third-order valence-electron chi connectivity index (χ3n) is 3.41. The first-order chi connectivity index (χ1) is 8.49. The van der Waals surface area contributed by atoms with Crippen molar-refractivity contribution in [3.8, 4) is 0 Å². The molecule has 1 aliphatic heterocycles. The summed E-state index contributed by atoms with van der Waals surface area (Å²) in [4.78, 5) is 0. The summed E-state index contributed by atoms with van der Waals surface area (Å²) < 4.78 is 30.9. The maximum Gasteiger partial charge on any atom is 0.215 e. The van der Waals surface area contributed by atoms with Crippen LogP contribution in [-0.4, -0.2) is 38.1 Å². The van der Waals surface area contributed by atoms with Gasteiger partial charge in [-0.25, -0.2) is 12.7 Å². The van der Waals surface area contributed by atoms with Crippen LogP contribution >= 0.6 is 0 Å². The fourth-order valence-corrected chi connectivity index (χ4v) is 3.58. The normalized spacial score (nSPS) is 20.7. The van der Waals surface area contributed by atoms with Gasteiger partial charge in [0.25, 0.3) is 0 Å². The number of sulfonamides is 1. The van der Waals surface area contributed by atoms with E-state index >= 15 is 0 Å². The van der Waals surface area contributed by atoms with Crippen LogP contribution in [0.3, 0.4) is 0 Å². The number of nitrogens with zero attached hydrogens (tertiary/aromatic N) is 1. The lowest BCUT2D eigenvalue weighted by atomic mass is 10.3. The Morgan fingerprint density at radius 2 is 2.33 bits per heavy atom. The summed E-state index contributed by atoms with van der Waals surface area (Å²) in [5.41, 5.74) is 0.917. The van der Waals surface area contributed by atoms with Gasteiger partial charge in [-0.15, -0.1) is 0 Å². The lowest BCUT2D eigenvalue weighted by Crippen LogP contribution is -2.37. The summed E-state index contributed by atoms with van der Waals surface area (Å²) in [6, 6.07) is 1.91. The summed E-state index contributed by atoms with van der Waals surface area (Å²) in [6.07, 6.45) is 3.59. The quantitative estimate of drug-likeness (QED) is 0.872. The Morgan fingerprint density at radius 1 is 1.56 bits per heavy atom. The van der Waals surface area contributed by atoms with Crippen molar-refractivity contribution >= 4 is 10.0 Å². The first kappa shape index (κ1) is 13.6. The van der Waals surface area contributed by atoms with E-state index in [-0.39, 0.29) is 11.8 Å². The molecule has 0 saturated carbocycles. The average Bonchev–Trinajstić information content (AvgIpc) is 2.91. The monoisotopic (exact) mass is 272 g/mol. The van der Waals surface area contributed by atoms with E-state index < -0.39 is 10.0 Å². The summed E-state index contributed by atoms with van der Waals surface area (Å²) in [6.45, 7) is 3.14. The molecule has 0 bridgehead atoms. The van der Waals surface area contributed by atoms with Crippen molar-refractivity contribution in [2.45, 2.75) is 32.4 Å². The molecule has 6 heteroatoms.